The standard InChI is InChI=1S/C11H14BrN/c1-9(13-2)6-7-10-4-3-5-11(12)8-10/h3-9,13H,1-2H3/b7-6+. The van der Waals surface area contributed by atoms with Crippen LogP contribution in [0.15, 0.2) is 34.8 Å². The molecule has 0 fully saturated rings. The van der Waals surface area contributed by atoms with Gasteiger partial charge in [0, 0.05) is 10.5 Å². The molecular weight excluding hydrogens is 226 g/mol. The van der Waals surface area contributed by atoms with Gasteiger partial charge in [0.25, 0.3) is 0 Å². The van der Waals surface area contributed by atoms with Crippen LogP contribution in [0.25, 0.3) is 6.08 Å². The molecule has 1 rings (SSSR count). The van der Waals surface area contributed by atoms with Gasteiger partial charge >= 0.3 is 0 Å². The maximum absolute atomic E-state index is 3.44. The van der Waals surface area contributed by atoms with E-state index in [4.69, 9.17) is 0 Å². The van der Waals surface area contributed by atoms with Crippen LogP contribution < -0.4 is 5.32 Å². The lowest BCUT2D eigenvalue weighted by Crippen LogP contribution is -2.17. The Morgan fingerprint density at radius 2 is 2.23 bits per heavy atom. The molecule has 1 unspecified atom stereocenters. The highest BCUT2D eigenvalue weighted by Gasteiger charge is 1.91. The molecule has 1 N–H and O–H groups in total. The minimum absolute atomic E-state index is 0.416. The molecule has 0 aromatic heterocycles. The number of nitrogens with one attached hydrogen (secondary N) is 1. The van der Waals surface area contributed by atoms with Gasteiger partial charge in [0.15, 0.2) is 0 Å². The van der Waals surface area contributed by atoms with Crippen molar-refractivity contribution in [2.75, 3.05) is 7.05 Å². The zero-order valence-electron chi connectivity index (χ0n) is 7.92. The van der Waals surface area contributed by atoms with Crippen molar-refractivity contribution < 1.29 is 0 Å². The average Bonchev–Trinajstić information content (AvgIpc) is 2.14. The third-order valence-corrected chi connectivity index (χ3v) is 2.37. The lowest BCUT2D eigenvalue weighted by Gasteiger charge is -2.02. The highest BCUT2D eigenvalue weighted by atomic mass is 79.9. The van der Waals surface area contributed by atoms with Crippen LogP contribution in [0.4, 0.5) is 0 Å². The van der Waals surface area contributed by atoms with Crippen LogP contribution in [0.2, 0.25) is 0 Å². The van der Waals surface area contributed by atoms with Gasteiger partial charge in [-0.3, -0.25) is 0 Å². The van der Waals surface area contributed by atoms with Gasteiger partial charge in [0.1, 0.15) is 0 Å². The molecule has 0 saturated heterocycles. The second kappa shape index (κ2) is 5.20. The monoisotopic (exact) mass is 239 g/mol. The Morgan fingerprint density at radius 1 is 1.46 bits per heavy atom. The minimum atomic E-state index is 0.416. The summed E-state index contributed by atoms with van der Waals surface area (Å²) in [5.74, 6) is 0. The highest BCUT2D eigenvalue weighted by Crippen LogP contribution is 2.12. The smallest absolute Gasteiger partial charge is 0.0221 e. The van der Waals surface area contributed by atoms with Crippen molar-refractivity contribution in [1.29, 1.82) is 0 Å². The summed E-state index contributed by atoms with van der Waals surface area (Å²) in [7, 11) is 1.95. The molecule has 0 aliphatic heterocycles. The summed E-state index contributed by atoms with van der Waals surface area (Å²) in [6.07, 6.45) is 4.26. The van der Waals surface area contributed by atoms with Gasteiger partial charge in [-0.1, -0.05) is 40.2 Å². The lowest BCUT2D eigenvalue weighted by molar-refractivity contribution is 0.731. The number of benzene rings is 1. The molecular formula is C11H14BrN. The van der Waals surface area contributed by atoms with Gasteiger partial charge in [-0.25, -0.2) is 0 Å². The van der Waals surface area contributed by atoms with E-state index in [1.807, 2.05) is 19.2 Å². The lowest BCUT2D eigenvalue weighted by atomic mass is 10.2. The van der Waals surface area contributed by atoms with Gasteiger partial charge < -0.3 is 5.32 Å². The Hall–Kier alpha value is -0.600. The first kappa shape index (κ1) is 10.5. The Balaban J connectivity index is 2.68. The van der Waals surface area contributed by atoms with Crippen molar-refractivity contribution in [2.24, 2.45) is 0 Å². The Bertz CT molecular complexity index is 294. The van der Waals surface area contributed by atoms with E-state index in [0.29, 0.717) is 6.04 Å². The first-order valence-electron chi connectivity index (χ1n) is 4.33. The van der Waals surface area contributed by atoms with Gasteiger partial charge in [-0.15, -0.1) is 0 Å². The van der Waals surface area contributed by atoms with E-state index in [9.17, 15) is 0 Å². The van der Waals surface area contributed by atoms with Crippen LogP contribution in [0, 0.1) is 0 Å². The molecule has 0 amide bonds. The fourth-order valence-electron chi connectivity index (χ4n) is 0.962. The normalized spacial score (nSPS) is 13.5. The first-order valence-corrected chi connectivity index (χ1v) is 5.12. The third-order valence-electron chi connectivity index (χ3n) is 1.88. The Kier molecular flexibility index (Phi) is 4.19. The molecule has 1 nitrogen and oxygen atoms in total. The zero-order chi connectivity index (χ0) is 9.68. The van der Waals surface area contributed by atoms with Crippen molar-refractivity contribution in [1.82, 2.24) is 5.32 Å². The van der Waals surface area contributed by atoms with Crippen LogP contribution in [-0.2, 0) is 0 Å². The number of rotatable bonds is 3. The largest absolute Gasteiger partial charge is 0.314 e. The van der Waals surface area contributed by atoms with Crippen molar-refractivity contribution in [3.05, 3.63) is 40.4 Å². The molecule has 0 aliphatic rings. The van der Waals surface area contributed by atoms with Gasteiger partial charge in [-0.05, 0) is 31.7 Å². The molecule has 0 radical (unpaired) electrons. The Labute approximate surface area is 88.0 Å². The van der Waals surface area contributed by atoms with E-state index >= 15 is 0 Å². The van der Waals surface area contributed by atoms with Crippen LogP contribution in [0.5, 0.6) is 0 Å². The predicted octanol–water partition coefficient (Wildman–Crippen LogP) is 3.07. The fraction of sp³-hybridized carbons (Fsp3) is 0.273. The summed E-state index contributed by atoms with van der Waals surface area (Å²) in [4.78, 5) is 0. The minimum Gasteiger partial charge on any atom is -0.314 e. The third kappa shape index (κ3) is 3.75. The van der Waals surface area contributed by atoms with Crippen molar-refractivity contribution in [2.45, 2.75) is 13.0 Å². The summed E-state index contributed by atoms with van der Waals surface area (Å²) >= 11 is 3.44. The van der Waals surface area contributed by atoms with E-state index in [1.54, 1.807) is 0 Å². The van der Waals surface area contributed by atoms with E-state index in [0.717, 1.165) is 4.47 Å². The van der Waals surface area contributed by atoms with Crippen molar-refractivity contribution >= 4 is 22.0 Å². The Morgan fingerprint density at radius 3 is 2.85 bits per heavy atom. The molecule has 0 spiro atoms. The molecule has 1 aromatic rings. The molecule has 0 aliphatic carbocycles. The summed E-state index contributed by atoms with van der Waals surface area (Å²) in [6.45, 7) is 2.12. The van der Waals surface area contributed by atoms with Gasteiger partial charge in [0.05, 0.1) is 0 Å². The van der Waals surface area contributed by atoms with Gasteiger partial charge in [-0.2, -0.15) is 0 Å². The summed E-state index contributed by atoms with van der Waals surface area (Å²) < 4.78 is 1.12. The molecule has 0 heterocycles. The second-order valence-electron chi connectivity index (χ2n) is 2.99. The maximum Gasteiger partial charge on any atom is 0.0221 e. The van der Waals surface area contributed by atoms with Crippen molar-refractivity contribution in [3.8, 4) is 0 Å². The predicted molar refractivity (Wildman–Crippen MR) is 61.7 cm³/mol. The highest BCUT2D eigenvalue weighted by molar-refractivity contribution is 9.10. The topological polar surface area (TPSA) is 12.0 Å². The quantitative estimate of drug-likeness (QED) is 0.856. The molecule has 0 bridgehead atoms. The second-order valence-corrected chi connectivity index (χ2v) is 3.91. The number of halogens is 1. The molecule has 70 valence electrons. The summed E-state index contributed by atoms with van der Waals surface area (Å²) in [5.41, 5.74) is 1.22. The van der Waals surface area contributed by atoms with Crippen LogP contribution in [0.3, 0.4) is 0 Å². The SMILES string of the molecule is CNC(C)/C=C/c1cccc(Br)c1. The molecule has 1 atom stereocenters. The average molecular weight is 240 g/mol. The van der Waals surface area contributed by atoms with E-state index in [1.165, 1.54) is 5.56 Å². The van der Waals surface area contributed by atoms with Crippen LogP contribution in [0.1, 0.15) is 12.5 Å². The van der Waals surface area contributed by atoms with Crippen LogP contribution >= 0.6 is 15.9 Å². The fourth-order valence-corrected chi connectivity index (χ4v) is 1.38. The maximum atomic E-state index is 3.44. The van der Waals surface area contributed by atoms with E-state index in [-0.39, 0.29) is 0 Å². The number of hydrogen-bond acceptors (Lipinski definition) is 1. The van der Waals surface area contributed by atoms with E-state index < -0.39 is 0 Å². The zero-order valence-corrected chi connectivity index (χ0v) is 9.51. The molecule has 13 heavy (non-hydrogen) atoms. The number of hydrogen-bond donors (Lipinski definition) is 1. The van der Waals surface area contributed by atoms with Gasteiger partial charge in [0.2, 0.25) is 0 Å². The number of likely N-dealkylation sites (N-methyl/N-ethyl adjacent to an activating group) is 1. The summed E-state index contributed by atoms with van der Waals surface area (Å²) in [5, 5.41) is 3.15. The first-order chi connectivity index (χ1) is 6.22. The molecule has 0 saturated carbocycles. The van der Waals surface area contributed by atoms with Crippen LogP contribution in [-0.4, -0.2) is 13.1 Å². The van der Waals surface area contributed by atoms with E-state index in [2.05, 4.69) is 52.5 Å². The molecule has 1 aromatic carbocycles. The molecule has 2 heteroatoms. The summed E-state index contributed by atoms with van der Waals surface area (Å²) in [6, 6.07) is 8.66. The van der Waals surface area contributed by atoms with Crippen molar-refractivity contribution in [3.63, 3.8) is 0 Å².